The number of nitrogens with one attached hydrogen (secondary N) is 1. The second kappa shape index (κ2) is 3.08. The van der Waals surface area contributed by atoms with Crippen LogP contribution in [0, 0.1) is 30.1 Å². The van der Waals surface area contributed by atoms with Crippen LogP contribution in [-0.2, 0) is 4.74 Å². The minimum atomic E-state index is 0.522. The Morgan fingerprint density at radius 1 is 1.58 bits per heavy atom. The van der Waals surface area contributed by atoms with Crippen molar-refractivity contribution in [2.24, 2.45) is 17.8 Å². The first-order valence-electron chi connectivity index (χ1n) is 4.57. The maximum absolute atomic E-state index is 5.33. The first-order chi connectivity index (χ1) is 5.88. The van der Waals surface area contributed by atoms with Crippen LogP contribution in [0.4, 0.5) is 0 Å². The third-order valence-electron chi connectivity index (χ3n) is 3.19. The van der Waals surface area contributed by atoms with Crippen molar-refractivity contribution in [1.29, 1.82) is 0 Å². The summed E-state index contributed by atoms with van der Waals surface area (Å²) in [6.45, 7) is 1.91. The van der Waals surface area contributed by atoms with Crippen molar-refractivity contribution >= 4 is 0 Å². The highest BCUT2D eigenvalue weighted by Gasteiger charge is 2.56. The van der Waals surface area contributed by atoms with Crippen molar-refractivity contribution in [2.45, 2.75) is 12.5 Å². The summed E-state index contributed by atoms with van der Waals surface area (Å²) in [7, 11) is 2.00. The van der Waals surface area contributed by atoms with E-state index in [1.807, 2.05) is 7.05 Å². The van der Waals surface area contributed by atoms with E-state index in [0.717, 1.165) is 37.4 Å². The summed E-state index contributed by atoms with van der Waals surface area (Å²) >= 11 is 0. The first-order valence-corrected chi connectivity index (χ1v) is 4.57. The highest BCUT2D eigenvalue weighted by atomic mass is 16.5. The molecule has 1 aliphatic heterocycles. The van der Waals surface area contributed by atoms with Gasteiger partial charge in [-0.05, 0) is 24.8 Å². The fourth-order valence-corrected chi connectivity index (χ4v) is 2.44. The number of terminal acetylenes is 1. The summed E-state index contributed by atoms with van der Waals surface area (Å²) in [5.41, 5.74) is 0. The number of rotatable bonds is 3. The van der Waals surface area contributed by atoms with Crippen molar-refractivity contribution in [1.82, 2.24) is 5.32 Å². The Morgan fingerprint density at radius 2 is 2.25 bits per heavy atom. The fourth-order valence-electron chi connectivity index (χ4n) is 2.44. The Morgan fingerprint density at radius 3 is 2.75 bits per heavy atom. The second-order valence-corrected chi connectivity index (χ2v) is 3.75. The molecule has 2 aliphatic rings. The van der Waals surface area contributed by atoms with Crippen molar-refractivity contribution in [3.05, 3.63) is 0 Å². The van der Waals surface area contributed by atoms with Crippen LogP contribution in [-0.4, -0.2) is 26.3 Å². The molecule has 1 saturated carbocycles. The quantitative estimate of drug-likeness (QED) is 0.614. The van der Waals surface area contributed by atoms with Gasteiger partial charge in [0, 0.05) is 12.5 Å². The van der Waals surface area contributed by atoms with E-state index in [0.29, 0.717) is 6.04 Å². The summed E-state index contributed by atoms with van der Waals surface area (Å²) in [4.78, 5) is 0. The molecular formula is C10H15NO. The van der Waals surface area contributed by atoms with E-state index in [4.69, 9.17) is 11.2 Å². The summed E-state index contributed by atoms with van der Waals surface area (Å²) in [5.74, 6) is 5.12. The number of hydrogen-bond acceptors (Lipinski definition) is 2. The van der Waals surface area contributed by atoms with Crippen LogP contribution in [0.3, 0.4) is 0 Å². The van der Waals surface area contributed by atoms with E-state index >= 15 is 0 Å². The number of fused-ring (bicyclic) bond motifs is 1. The van der Waals surface area contributed by atoms with Crippen LogP contribution >= 0.6 is 0 Å². The smallest absolute Gasteiger partial charge is 0.0501 e. The van der Waals surface area contributed by atoms with Crippen molar-refractivity contribution in [2.75, 3.05) is 20.3 Å². The molecule has 12 heavy (non-hydrogen) atoms. The molecule has 0 amide bonds. The molecule has 0 radical (unpaired) electrons. The van der Waals surface area contributed by atoms with Crippen LogP contribution in [0.5, 0.6) is 0 Å². The maximum Gasteiger partial charge on any atom is 0.0501 e. The molecule has 0 bridgehead atoms. The van der Waals surface area contributed by atoms with E-state index in [9.17, 15) is 0 Å². The van der Waals surface area contributed by atoms with Crippen molar-refractivity contribution < 1.29 is 4.74 Å². The van der Waals surface area contributed by atoms with Crippen LogP contribution in [0.15, 0.2) is 0 Å². The third-order valence-corrected chi connectivity index (χ3v) is 3.19. The van der Waals surface area contributed by atoms with Gasteiger partial charge in [-0.3, -0.25) is 0 Å². The van der Waals surface area contributed by atoms with E-state index in [1.54, 1.807) is 0 Å². The molecule has 2 fully saturated rings. The zero-order valence-electron chi connectivity index (χ0n) is 7.42. The van der Waals surface area contributed by atoms with Gasteiger partial charge in [0.2, 0.25) is 0 Å². The van der Waals surface area contributed by atoms with Gasteiger partial charge in [-0.25, -0.2) is 0 Å². The highest BCUT2D eigenvalue weighted by Crippen LogP contribution is 2.52. The van der Waals surface area contributed by atoms with E-state index in [1.165, 1.54) is 0 Å². The monoisotopic (exact) mass is 165 g/mol. The molecule has 0 aromatic heterocycles. The zero-order chi connectivity index (χ0) is 8.55. The summed E-state index contributed by atoms with van der Waals surface area (Å²) in [6.07, 6.45) is 6.15. The predicted octanol–water partition coefficient (Wildman–Crippen LogP) is 0.490. The van der Waals surface area contributed by atoms with E-state index < -0.39 is 0 Å². The highest BCUT2D eigenvalue weighted by molar-refractivity contribution is 5.08. The molecule has 0 spiro atoms. The lowest BCUT2D eigenvalue weighted by Gasteiger charge is -2.14. The lowest BCUT2D eigenvalue weighted by molar-refractivity contribution is 0.144. The topological polar surface area (TPSA) is 21.3 Å². The van der Waals surface area contributed by atoms with E-state index in [-0.39, 0.29) is 0 Å². The summed E-state index contributed by atoms with van der Waals surface area (Å²) in [5, 5.41) is 3.30. The molecule has 3 atom stereocenters. The van der Waals surface area contributed by atoms with Crippen molar-refractivity contribution in [3.63, 3.8) is 0 Å². The minimum Gasteiger partial charge on any atom is -0.381 e. The maximum atomic E-state index is 5.33. The van der Waals surface area contributed by atoms with Gasteiger partial charge in [-0.15, -0.1) is 12.3 Å². The lowest BCUT2D eigenvalue weighted by atomic mass is 10.1. The normalized spacial score (nSPS) is 40.2. The standard InChI is InChI=1S/C10H15NO/c1-3-4-9(11-2)10-7-5-12-6-8(7)10/h1,7-11H,4-6H2,2H3. The SMILES string of the molecule is C#CCC(NC)C1C2COCC21. The van der Waals surface area contributed by atoms with Gasteiger partial charge >= 0.3 is 0 Å². The molecule has 3 unspecified atom stereocenters. The zero-order valence-corrected chi connectivity index (χ0v) is 7.42. The van der Waals surface area contributed by atoms with Crippen LogP contribution in [0.2, 0.25) is 0 Å². The third kappa shape index (κ3) is 1.14. The molecule has 1 heterocycles. The van der Waals surface area contributed by atoms with Crippen LogP contribution in [0.25, 0.3) is 0 Å². The molecule has 2 nitrogen and oxygen atoms in total. The molecule has 1 aliphatic carbocycles. The van der Waals surface area contributed by atoms with Gasteiger partial charge in [-0.2, -0.15) is 0 Å². The second-order valence-electron chi connectivity index (χ2n) is 3.75. The average molecular weight is 165 g/mol. The molecule has 0 aromatic carbocycles. The van der Waals surface area contributed by atoms with Gasteiger partial charge in [0.15, 0.2) is 0 Å². The molecule has 1 N–H and O–H groups in total. The van der Waals surface area contributed by atoms with Gasteiger partial charge in [0.1, 0.15) is 0 Å². The molecular weight excluding hydrogens is 150 g/mol. The summed E-state index contributed by atoms with van der Waals surface area (Å²) in [6, 6.07) is 0.522. The largest absolute Gasteiger partial charge is 0.381 e. The minimum absolute atomic E-state index is 0.522. The van der Waals surface area contributed by atoms with Gasteiger partial charge in [-0.1, -0.05) is 0 Å². The fraction of sp³-hybridized carbons (Fsp3) is 0.800. The van der Waals surface area contributed by atoms with Crippen molar-refractivity contribution in [3.8, 4) is 12.3 Å². The van der Waals surface area contributed by atoms with Gasteiger partial charge in [0.05, 0.1) is 13.2 Å². The van der Waals surface area contributed by atoms with Gasteiger partial charge < -0.3 is 10.1 Å². The molecule has 2 heteroatoms. The van der Waals surface area contributed by atoms with Gasteiger partial charge in [0.25, 0.3) is 0 Å². The first kappa shape index (κ1) is 8.10. The summed E-state index contributed by atoms with van der Waals surface area (Å²) < 4.78 is 5.33. The lowest BCUT2D eigenvalue weighted by Crippen LogP contribution is -2.29. The molecule has 1 saturated heterocycles. The number of hydrogen-bond donors (Lipinski definition) is 1. The van der Waals surface area contributed by atoms with E-state index in [2.05, 4.69) is 11.2 Å². The number of ether oxygens (including phenoxy) is 1. The molecule has 66 valence electrons. The average Bonchev–Trinajstić information content (AvgIpc) is 2.59. The Hall–Kier alpha value is -0.520. The molecule has 0 aromatic rings. The molecule has 2 rings (SSSR count). The van der Waals surface area contributed by atoms with Crippen LogP contribution in [0.1, 0.15) is 6.42 Å². The Labute approximate surface area is 73.7 Å². The Bertz CT molecular complexity index is 198. The Balaban J connectivity index is 1.89. The van der Waals surface area contributed by atoms with Crippen LogP contribution < -0.4 is 5.32 Å². The predicted molar refractivity (Wildman–Crippen MR) is 47.6 cm³/mol. The Kier molecular flexibility index (Phi) is 2.08.